The van der Waals surface area contributed by atoms with Crippen molar-refractivity contribution < 1.29 is 33.4 Å². The number of ether oxygens (including phenoxy) is 3. The molecular formula is C43H47N7O7. The maximum Gasteiger partial charge on any atom is 0.262 e. The molecule has 2 aliphatic carbocycles. The van der Waals surface area contributed by atoms with Crippen molar-refractivity contribution in [2.24, 2.45) is 0 Å². The Morgan fingerprint density at radius 1 is 0.754 bits per heavy atom. The fourth-order valence-electron chi connectivity index (χ4n) is 8.99. The quantitative estimate of drug-likeness (QED) is 0.205. The highest BCUT2D eigenvalue weighted by Gasteiger charge is 2.45. The summed E-state index contributed by atoms with van der Waals surface area (Å²) >= 11 is 0. The molecule has 0 bridgehead atoms. The Balaban J connectivity index is 0.670. The summed E-state index contributed by atoms with van der Waals surface area (Å²) in [6, 6.07) is 14.6. The first-order valence-electron chi connectivity index (χ1n) is 20.5. The second kappa shape index (κ2) is 14.2. The third-order valence-corrected chi connectivity index (χ3v) is 12.7. The van der Waals surface area contributed by atoms with Gasteiger partial charge in [0, 0.05) is 55.4 Å². The van der Waals surface area contributed by atoms with Crippen molar-refractivity contribution in [1.29, 1.82) is 0 Å². The van der Waals surface area contributed by atoms with Gasteiger partial charge in [-0.1, -0.05) is 0 Å². The van der Waals surface area contributed by atoms with Crippen molar-refractivity contribution in [3.05, 3.63) is 65.9 Å². The van der Waals surface area contributed by atoms with Gasteiger partial charge in [-0.15, -0.1) is 0 Å². The first kappa shape index (κ1) is 36.0. The molecule has 2 aromatic carbocycles. The molecule has 2 aromatic heterocycles. The molecule has 10 rings (SSSR count). The van der Waals surface area contributed by atoms with Gasteiger partial charge in [-0.3, -0.25) is 34.5 Å². The van der Waals surface area contributed by atoms with Crippen LogP contribution in [0.2, 0.25) is 0 Å². The lowest BCUT2D eigenvalue weighted by Crippen LogP contribution is -2.54. The molecule has 4 aromatic rings. The molecule has 57 heavy (non-hydrogen) atoms. The number of fused-ring (bicyclic) bond motifs is 2. The number of hydrogen-bond acceptors (Lipinski definition) is 11. The number of rotatable bonds is 10. The molecule has 1 atom stereocenters. The number of H-pyrrole nitrogens is 1. The molecule has 2 saturated carbocycles. The van der Waals surface area contributed by atoms with Gasteiger partial charge in [0.25, 0.3) is 11.8 Å². The van der Waals surface area contributed by atoms with Gasteiger partial charge in [0.1, 0.15) is 28.9 Å². The molecule has 14 heteroatoms. The predicted octanol–water partition coefficient (Wildman–Crippen LogP) is 5.16. The van der Waals surface area contributed by atoms with Gasteiger partial charge in [-0.05, 0) is 113 Å². The third-order valence-electron chi connectivity index (χ3n) is 12.7. The fraction of sp³-hybridized carbons (Fsp3) is 0.488. The van der Waals surface area contributed by atoms with Crippen LogP contribution in [-0.2, 0) is 19.1 Å². The first-order chi connectivity index (χ1) is 27.7. The van der Waals surface area contributed by atoms with Gasteiger partial charge in [0.05, 0.1) is 41.1 Å². The van der Waals surface area contributed by atoms with Crippen LogP contribution in [-0.4, -0.2) is 106 Å². The van der Waals surface area contributed by atoms with Crippen LogP contribution in [0, 0.1) is 0 Å². The maximum absolute atomic E-state index is 13.3. The standard InChI is InChI=1S/C43H47N7O7/c1-43(13-14-43)57-29-3-5-35-34(24-29)39(47-46-35)25-8-15-44-37(20-25)49-18-11-28(12-19-49)56-31-22-30(23-31)55-27-9-16-48(17-10-27)26-2-4-32-33(21-26)42(54)50(41(32)53)36-6-7-38(51)45-40(36)52/h2-5,8,15,20-21,24,27-28,30-31,36H,6-7,9-14,16-19,22-23H2,1H3,(H,46,47)(H,45,51,52)/t30-,31-,36?. The number of carbonyl (C=O) groups is 4. The van der Waals surface area contributed by atoms with Crippen molar-refractivity contribution in [1.82, 2.24) is 25.4 Å². The average molecular weight is 774 g/mol. The molecule has 0 spiro atoms. The zero-order valence-corrected chi connectivity index (χ0v) is 32.1. The van der Waals surface area contributed by atoms with E-state index in [9.17, 15) is 19.2 Å². The number of imide groups is 2. The van der Waals surface area contributed by atoms with Crippen LogP contribution in [0.5, 0.6) is 5.75 Å². The highest BCUT2D eigenvalue weighted by Crippen LogP contribution is 2.41. The van der Waals surface area contributed by atoms with E-state index in [0.717, 1.165) is 122 Å². The Bertz CT molecular complexity index is 2250. The van der Waals surface area contributed by atoms with Crippen LogP contribution >= 0.6 is 0 Å². The molecule has 2 N–H and O–H groups in total. The van der Waals surface area contributed by atoms with Crippen molar-refractivity contribution in [2.75, 3.05) is 36.0 Å². The van der Waals surface area contributed by atoms with Crippen LogP contribution < -0.4 is 19.9 Å². The molecule has 3 saturated heterocycles. The number of aromatic amines is 1. The SMILES string of the molecule is CC1(Oc2ccc3[nH]nc(-c4ccnc(N5CCC(O[C@H]6C[C@H](OC7CCN(c8ccc9c(c8)C(=O)N(C8CCC(=O)NC8=O)C9=O)CC7)C6)CC5)c4)c3c2)CC1. The summed E-state index contributed by atoms with van der Waals surface area (Å²) in [4.78, 5) is 60.7. The minimum absolute atomic E-state index is 0.0390. The molecule has 5 fully saturated rings. The Hall–Kier alpha value is -5.34. The second-order valence-electron chi connectivity index (χ2n) is 16.8. The van der Waals surface area contributed by atoms with Crippen molar-refractivity contribution in [3.8, 4) is 17.0 Å². The van der Waals surface area contributed by atoms with E-state index >= 15 is 0 Å². The average Bonchev–Trinajstić information content (AvgIpc) is 3.69. The van der Waals surface area contributed by atoms with E-state index in [-0.39, 0.29) is 48.8 Å². The zero-order valence-electron chi connectivity index (χ0n) is 32.1. The van der Waals surface area contributed by atoms with E-state index in [1.165, 1.54) is 0 Å². The number of carbonyl (C=O) groups excluding carboxylic acids is 4. The first-order valence-corrected chi connectivity index (χ1v) is 20.5. The molecule has 296 valence electrons. The predicted molar refractivity (Wildman–Crippen MR) is 210 cm³/mol. The zero-order chi connectivity index (χ0) is 38.8. The Morgan fingerprint density at radius 2 is 1.46 bits per heavy atom. The maximum atomic E-state index is 13.3. The van der Waals surface area contributed by atoms with Gasteiger partial charge in [0.2, 0.25) is 11.8 Å². The summed E-state index contributed by atoms with van der Waals surface area (Å²) in [5.41, 5.74) is 4.36. The molecule has 4 aliphatic heterocycles. The van der Waals surface area contributed by atoms with Gasteiger partial charge in [-0.25, -0.2) is 4.98 Å². The van der Waals surface area contributed by atoms with Crippen LogP contribution in [0.15, 0.2) is 54.7 Å². The van der Waals surface area contributed by atoms with Gasteiger partial charge in [-0.2, -0.15) is 5.10 Å². The van der Waals surface area contributed by atoms with E-state index < -0.39 is 23.8 Å². The fourth-order valence-corrected chi connectivity index (χ4v) is 8.99. The highest BCUT2D eigenvalue weighted by molar-refractivity contribution is 6.23. The summed E-state index contributed by atoms with van der Waals surface area (Å²) in [7, 11) is 0. The summed E-state index contributed by atoms with van der Waals surface area (Å²) in [6.07, 6.45) is 10.6. The Kier molecular flexibility index (Phi) is 9.00. The lowest BCUT2D eigenvalue weighted by molar-refractivity contribution is -0.149. The largest absolute Gasteiger partial charge is 0.488 e. The molecule has 6 aliphatic rings. The van der Waals surface area contributed by atoms with Crippen LogP contribution in [0.1, 0.15) is 91.8 Å². The number of nitrogens with zero attached hydrogens (tertiary/aromatic N) is 5. The summed E-state index contributed by atoms with van der Waals surface area (Å²) in [6.45, 7) is 5.48. The summed E-state index contributed by atoms with van der Waals surface area (Å²) in [5, 5.41) is 11.1. The Labute approximate surface area is 330 Å². The number of anilines is 2. The van der Waals surface area contributed by atoms with Gasteiger partial charge in [0.15, 0.2) is 0 Å². The summed E-state index contributed by atoms with van der Waals surface area (Å²) < 4.78 is 19.3. The monoisotopic (exact) mass is 773 g/mol. The molecule has 14 nitrogen and oxygen atoms in total. The normalized spacial score (nSPS) is 25.1. The van der Waals surface area contributed by atoms with Crippen molar-refractivity contribution >= 4 is 46.0 Å². The Morgan fingerprint density at radius 3 is 2.16 bits per heavy atom. The third kappa shape index (κ3) is 7.03. The van der Waals surface area contributed by atoms with Crippen molar-refractivity contribution in [2.45, 2.75) is 107 Å². The number of pyridine rings is 1. The smallest absolute Gasteiger partial charge is 0.262 e. The lowest BCUT2D eigenvalue weighted by Gasteiger charge is -2.42. The van der Waals surface area contributed by atoms with Crippen LogP contribution in [0.3, 0.4) is 0 Å². The van der Waals surface area contributed by atoms with E-state index in [1.807, 2.05) is 30.5 Å². The number of hydrogen-bond donors (Lipinski definition) is 2. The highest BCUT2D eigenvalue weighted by atomic mass is 16.5. The van der Waals surface area contributed by atoms with E-state index in [4.69, 9.17) is 19.2 Å². The number of piperidine rings is 3. The minimum Gasteiger partial charge on any atom is -0.488 e. The molecule has 1 unspecified atom stereocenters. The van der Waals surface area contributed by atoms with Gasteiger partial charge >= 0.3 is 0 Å². The number of amides is 4. The summed E-state index contributed by atoms with van der Waals surface area (Å²) in [5.74, 6) is -0.127. The lowest BCUT2D eigenvalue weighted by atomic mass is 9.90. The van der Waals surface area contributed by atoms with E-state index in [0.29, 0.717) is 11.1 Å². The molecule has 0 radical (unpaired) electrons. The van der Waals surface area contributed by atoms with Crippen LogP contribution in [0.4, 0.5) is 11.5 Å². The van der Waals surface area contributed by atoms with Crippen molar-refractivity contribution in [3.63, 3.8) is 0 Å². The molecular weight excluding hydrogens is 727 g/mol. The number of nitrogens with one attached hydrogen (secondary N) is 2. The molecule has 6 heterocycles. The number of benzene rings is 2. The minimum atomic E-state index is -0.969. The van der Waals surface area contributed by atoms with Crippen LogP contribution in [0.25, 0.3) is 22.2 Å². The number of aromatic nitrogens is 3. The second-order valence-corrected chi connectivity index (χ2v) is 16.8. The van der Waals surface area contributed by atoms with Gasteiger partial charge < -0.3 is 24.0 Å². The topological polar surface area (TPSA) is 159 Å². The molecule has 4 amide bonds. The van der Waals surface area contributed by atoms with E-state index in [2.05, 4.69) is 44.4 Å². The van der Waals surface area contributed by atoms with E-state index in [1.54, 1.807) is 12.1 Å².